The number of nitrogens with one attached hydrogen (secondary N) is 1. The van der Waals surface area contributed by atoms with Gasteiger partial charge in [0.2, 0.25) is 5.91 Å². The molecule has 3 aromatic heterocycles. The highest BCUT2D eigenvalue weighted by Crippen LogP contribution is 2.62. The maximum absolute atomic E-state index is 13.8. The molecule has 0 aliphatic heterocycles. The zero-order valence-corrected chi connectivity index (χ0v) is 19.3. The third kappa shape index (κ3) is 4.13. The lowest BCUT2D eigenvalue weighted by atomic mass is 9.93. The van der Waals surface area contributed by atoms with E-state index in [9.17, 15) is 9.18 Å². The summed E-state index contributed by atoms with van der Waals surface area (Å²) in [4.78, 5) is 25.8. The Balaban J connectivity index is 1.07. The van der Waals surface area contributed by atoms with Crippen molar-refractivity contribution in [2.75, 3.05) is 5.32 Å². The lowest BCUT2D eigenvalue weighted by Gasteiger charge is -2.21. The Morgan fingerprint density at radius 3 is 2.74 bits per heavy atom. The minimum absolute atomic E-state index is 0.0304. The number of rotatable bonds is 7. The largest absolute Gasteiger partial charge is 0.490 e. The van der Waals surface area contributed by atoms with E-state index in [1.165, 1.54) is 12.1 Å². The van der Waals surface area contributed by atoms with Gasteiger partial charge in [-0.2, -0.15) is 0 Å². The van der Waals surface area contributed by atoms with Crippen molar-refractivity contribution in [2.24, 2.45) is 23.7 Å². The van der Waals surface area contributed by atoms with E-state index < -0.39 is 0 Å². The summed E-state index contributed by atoms with van der Waals surface area (Å²) in [5, 5.41) is 3.70. The molecule has 2 aliphatic carbocycles. The van der Waals surface area contributed by atoms with E-state index in [1.54, 1.807) is 37.1 Å². The van der Waals surface area contributed by atoms with Crippen LogP contribution in [-0.4, -0.2) is 31.5 Å². The average molecular weight is 472 g/mol. The van der Waals surface area contributed by atoms with Gasteiger partial charge in [-0.25, -0.2) is 14.4 Å². The van der Waals surface area contributed by atoms with E-state index in [0.717, 1.165) is 30.5 Å². The van der Waals surface area contributed by atoms with Crippen LogP contribution >= 0.6 is 0 Å². The second kappa shape index (κ2) is 8.76. The number of carbonyl (C=O) groups excluding carboxylic acids is 1. The topological polar surface area (TPSA) is 81.9 Å². The molecule has 3 unspecified atom stereocenters. The molecule has 7 nitrogen and oxygen atoms in total. The molecule has 178 valence electrons. The van der Waals surface area contributed by atoms with Crippen molar-refractivity contribution in [3.63, 3.8) is 0 Å². The lowest BCUT2D eigenvalue weighted by Crippen LogP contribution is -2.27. The Bertz CT molecular complexity index is 1350. The molecule has 35 heavy (non-hydrogen) atoms. The predicted molar refractivity (Wildman–Crippen MR) is 130 cm³/mol. The number of hydrogen-bond donors (Lipinski definition) is 1. The zero-order valence-electron chi connectivity index (χ0n) is 19.3. The fourth-order valence-electron chi connectivity index (χ4n) is 5.79. The number of pyridine rings is 2. The van der Waals surface area contributed by atoms with Crippen LogP contribution in [0.3, 0.4) is 0 Å². The van der Waals surface area contributed by atoms with Crippen molar-refractivity contribution in [2.45, 2.75) is 32.3 Å². The molecule has 2 aliphatic rings. The van der Waals surface area contributed by atoms with E-state index >= 15 is 0 Å². The number of benzene rings is 1. The summed E-state index contributed by atoms with van der Waals surface area (Å²) in [6.45, 7) is 2.07. The zero-order chi connectivity index (χ0) is 23.9. The van der Waals surface area contributed by atoms with Crippen molar-refractivity contribution in [3.05, 3.63) is 73.3 Å². The number of fused-ring (bicyclic) bond motifs is 2. The van der Waals surface area contributed by atoms with Crippen LogP contribution in [0.25, 0.3) is 16.6 Å². The molecule has 0 saturated heterocycles. The van der Waals surface area contributed by atoms with Crippen molar-refractivity contribution in [3.8, 4) is 11.4 Å². The van der Waals surface area contributed by atoms with Crippen LogP contribution in [0.1, 0.15) is 26.2 Å². The molecule has 2 saturated carbocycles. The summed E-state index contributed by atoms with van der Waals surface area (Å²) in [5.74, 6) is 2.26. The van der Waals surface area contributed by atoms with Crippen molar-refractivity contribution in [1.29, 1.82) is 0 Å². The highest BCUT2D eigenvalue weighted by atomic mass is 19.1. The monoisotopic (exact) mass is 471 g/mol. The van der Waals surface area contributed by atoms with Gasteiger partial charge in [0.05, 0.1) is 29.8 Å². The van der Waals surface area contributed by atoms with Gasteiger partial charge < -0.3 is 14.6 Å². The number of carbonyl (C=O) groups is 1. The number of ether oxygens (including phenoxy) is 1. The van der Waals surface area contributed by atoms with Gasteiger partial charge in [0, 0.05) is 29.9 Å². The SMILES string of the molecule is CCC(C(=O)Nc1ccc(-n2ccnc2)cn1)C1[C@H]2CC(Oc3ccnc4ccc(F)cc34)C[C@@H]12. The smallest absolute Gasteiger partial charge is 0.228 e. The number of aromatic nitrogens is 4. The quantitative estimate of drug-likeness (QED) is 0.409. The van der Waals surface area contributed by atoms with Crippen molar-refractivity contribution in [1.82, 2.24) is 19.5 Å². The number of amides is 1. The minimum atomic E-state index is -0.299. The Labute approximate surface area is 202 Å². The number of anilines is 1. The molecule has 0 bridgehead atoms. The van der Waals surface area contributed by atoms with Gasteiger partial charge in [-0.05, 0) is 73.4 Å². The standard InChI is InChI=1S/C27H26FN5O2/c1-2-19(27(34)32-25-6-4-17(14-31-25)33-10-9-29-15-33)26-20-12-18(13-21(20)26)35-24-7-8-30-23-5-3-16(28)11-22(23)24/h3-11,14-15,18-21,26H,2,12-13H2,1H3,(H,31,32,34)/t18?,19?,20-,21+,26?. The summed E-state index contributed by atoms with van der Waals surface area (Å²) < 4.78 is 21.9. The van der Waals surface area contributed by atoms with E-state index in [2.05, 4.69) is 27.2 Å². The van der Waals surface area contributed by atoms with Gasteiger partial charge in [-0.3, -0.25) is 9.78 Å². The highest BCUT2D eigenvalue weighted by Gasteiger charge is 2.60. The van der Waals surface area contributed by atoms with E-state index in [-0.39, 0.29) is 23.7 Å². The fourth-order valence-corrected chi connectivity index (χ4v) is 5.79. The van der Waals surface area contributed by atoms with Crippen LogP contribution in [0, 0.1) is 29.5 Å². The molecule has 8 heteroatoms. The highest BCUT2D eigenvalue weighted by molar-refractivity contribution is 5.92. The molecule has 2 fully saturated rings. The summed E-state index contributed by atoms with van der Waals surface area (Å²) in [6.07, 6.45) is 11.4. The number of halogens is 1. The molecule has 3 heterocycles. The third-order valence-electron chi connectivity index (χ3n) is 7.47. The van der Waals surface area contributed by atoms with Gasteiger partial charge in [0.15, 0.2) is 0 Å². The summed E-state index contributed by atoms with van der Waals surface area (Å²) in [7, 11) is 0. The Hall–Kier alpha value is -3.81. The van der Waals surface area contributed by atoms with E-state index in [1.807, 2.05) is 22.9 Å². The summed E-state index contributed by atoms with van der Waals surface area (Å²) in [6, 6.07) is 10.1. The molecule has 6 rings (SSSR count). The number of nitrogens with zero attached hydrogens (tertiary/aromatic N) is 4. The van der Waals surface area contributed by atoms with Crippen molar-refractivity contribution < 1.29 is 13.9 Å². The molecule has 0 radical (unpaired) electrons. The van der Waals surface area contributed by atoms with E-state index in [4.69, 9.17) is 4.74 Å². The first-order valence-electron chi connectivity index (χ1n) is 12.1. The summed E-state index contributed by atoms with van der Waals surface area (Å²) in [5.41, 5.74) is 1.61. The first kappa shape index (κ1) is 21.7. The molecule has 0 spiro atoms. The van der Waals surface area contributed by atoms with Crippen LogP contribution in [0.2, 0.25) is 0 Å². The van der Waals surface area contributed by atoms with Crippen LogP contribution in [0.5, 0.6) is 5.75 Å². The molecular formula is C27H26FN5O2. The van der Waals surface area contributed by atoms with Gasteiger partial charge in [0.1, 0.15) is 17.4 Å². The second-order valence-corrected chi connectivity index (χ2v) is 9.46. The average Bonchev–Trinajstić information content (AvgIpc) is 3.25. The van der Waals surface area contributed by atoms with Crippen LogP contribution < -0.4 is 10.1 Å². The Morgan fingerprint density at radius 1 is 1.17 bits per heavy atom. The molecule has 4 aromatic rings. The molecule has 5 atom stereocenters. The normalized spacial score (nSPS) is 23.6. The van der Waals surface area contributed by atoms with Gasteiger partial charge in [-0.1, -0.05) is 6.92 Å². The third-order valence-corrected chi connectivity index (χ3v) is 7.47. The predicted octanol–water partition coefficient (Wildman–Crippen LogP) is 5.02. The fraction of sp³-hybridized carbons (Fsp3) is 0.333. The lowest BCUT2D eigenvalue weighted by molar-refractivity contribution is -0.121. The molecular weight excluding hydrogens is 445 g/mol. The van der Waals surface area contributed by atoms with Crippen LogP contribution in [0.15, 0.2) is 67.5 Å². The number of hydrogen-bond acceptors (Lipinski definition) is 5. The first-order chi connectivity index (χ1) is 17.1. The number of imidazole rings is 1. The van der Waals surface area contributed by atoms with Gasteiger partial charge in [-0.15, -0.1) is 0 Å². The molecule has 1 amide bonds. The van der Waals surface area contributed by atoms with Gasteiger partial charge in [0.25, 0.3) is 0 Å². The Kier molecular flexibility index (Phi) is 5.43. The summed E-state index contributed by atoms with van der Waals surface area (Å²) >= 11 is 0. The van der Waals surface area contributed by atoms with Crippen molar-refractivity contribution >= 4 is 22.6 Å². The maximum Gasteiger partial charge on any atom is 0.228 e. The van der Waals surface area contributed by atoms with Gasteiger partial charge >= 0.3 is 0 Å². The maximum atomic E-state index is 13.8. The molecule has 1 N–H and O–H groups in total. The van der Waals surface area contributed by atoms with E-state index in [0.29, 0.717) is 34.7 Å². The van der Waals surface area contributed by atoms with Crippen LogP contribution in [0.4, 0.5) is 10.2 Å². The Morgan fingerprint density at radius 2 is 2.03 bits per heavy atom. The first-order valence-corrected chi connectivity index (χ1v) is 12.1. The minimum Gasteiger partial charge on any atom is -0.490 e. The van der Waals surface area contributed by atoms with Crippen LogP contribution in [-0.2, 0) is 4.79 Å². The second-order valence-electron chi connectivity index (χ2n) is 9.46. The molecule has 1 aromatic carbocycles.